The summed E-state index contributed by atoms with van der Waals surface area (Å²) in [6, 6.07) is 14.3. The number of hydrogen-bond acceptors (Lipinski definition) is 5. The van der Waals surface area contributed by atoms with Gasteiger partial charge in [0.2, 0.25) is 0 Å². The summed E-state index contributed by atoms with van der Waals surface area (Å²) in [4.78, 5) is 21.2. The predicted molar refractivity (Wildman–Crippen MR) is 107 cm³/mol. The molecule has 6 nitrogen and oxygen atoms in total. The van der Waals surface area contributed by atoms with Crippen LogP contribution >= 0.6 is 11.6 Å². The Kier molecular flexibility index (Phi) is 5.57. The van der Waals surface area contributed by atoms with Crippen molar-refractivity contribution in [2.75, 3.05) is 17.7 Å². The number of ether oxygens (including phenoxy) is 1. The Hall–Kier alpha value is -3.12. The fourth-order valence-electron chi connectivity index (χ4n) is 2.59. The highest BCUT2D eigenvalue weighted by molar-refractivity contribution is 6.30. The number of methoxy groups -OCH3 is 1. The molecule has 138 valence electrons. The van der Waals surface area contributed by atoms with E-state index in [1.165, 1.54) is 0 Å². The van der Waals surface area contributed by atoms with Gasteiger partial charge in [0.05, 0.1) is 12.8 Å². The van der Waals surface area contributed by atoms with Gasteiger partial charge in [-0.1, -0.05) is 23.7 Å². The highest BCUT2D eigenvalue weighted by atomic mass is 35.5. The second-order valence-corrected chi connectivity index (χ2v) is 6.36. The number of amides is 1. The number of benzene rings is 2. The lowest BCUT2D eigenvalue weighted by Crippen LogP contribution is -2.16. The fraction of sp³-hybridized carbons (Fsp3) is 0.150. The van der Waals surface area contributed by atoms with Crippen molar-refractivity contribution in [2.24, 2.45) is 0 Å². The van der Waals surface area contributed by atoms with Gasteiger partial charge < -0.3 is 15.4 Å². The molecule has 2 aromatic carbocycles. The Morgan fingerprint density at radius 1 is 1.04 bits per heavy atom. The van der Waals surface area contributed by atoms with Gasteiger partial charge in [0, 0.05) is 16.8 Å². The molecule has 7 heteroatoms. The van der Waals surface area contributed by atoms with Crippen molar-refractivity contribution in [2.45, 2.75) is 13.8 Å². The number of rotatable bonds is 5. The third-order valence-electron chi connectivity index (χ3n) is 3.88. The molecule has 0 saturated heterocycles. The zero-order valence-electron chi connectivity index (χ0n) is 15.2. The highest BCUT2D eigenvalue weighted by Crippen LogP contribution is 2.26. The van der Waals surface area contributed by atoms with Crippen LogP contribution in [0.5, 0.6) is 5.75 Å². The van der Waals surface area contributed by atoms with Gasteiger partial charge in [-0.2, -0.15) is 0 Å². The van der Waals surface area contributed by atoms with Gasteiger partial charge in [-0.15, -0.1) is 0 Å². The third kappa shape index (κ3) is 4.54. The molecule has 27 heavy (non-hydrogen) atoms. The number of aryl methyl sites for hydroxylation is 2. The molecule has 1 aromatic heterocycles. The SMILES string of the molecule is COc1ccccc1Nc1cc(C(=O)Nc2ccc(Cl)cc2C)nc(C)n1. The van der Waals surface area contributed by atoms with E-state index in [1.807, 2.05) is 31.2 Å². The second kappa shape index (κ2) is 8.05. The van der Waals surface area contributed by atoms with Gasteiger partial charge in [0.1, 0.15) is 23.1 Å². The number of carbonyl (C=O) groups excluding carboxylic acids is 1. The van der Waals surface area contributed by atoms with Crippen LogP contribution in [-0.4, -0.2) is 23.0 Å². The summed E-state index contributed by atoms with van der Waals surface area (Å²) in [5, 5.41) is 6.64. The molecule has 1 amide bonds. The zero-order chi connectivity index (χ0) is 19.4. The summed E-state index contributed by atoms with van der Waals surface area (Å²) < 4.78 is 5.33. The summed E-state index contributed by atoms with van der Waals surface area (Å²) in [6.07, 6.45) is 0. The third-order valence-corrected chi connectivity index (χ3v) is 4.11. The Morgan fingerprint density at radius 2 is 1.81 bits per heavy atom. The lowest BCUT2D eigenvalue weighted by Gasteiger charge is -2.12. The highest BCUT2D eigenvalue weighted by Gasteiger charge is 2.13. The molecule has 0 unspecified atom stereocenters. The van der Waals surface area contributed by atoms with E-state index >= 15 is 0 Å². The van der Waals surface area contributed by atoms with Crippen LogP contribution in [-0.2, 0) is 0 Å². The number of hydrogen-bond donors (Lipinski definition) is 2. The lowest BCUT2D eigenvalue weighted by molar-refractivity contribution is 0.102. The van der Waals surface area contributed by atoms with Crippen molar-refractivity contribution in [1.29, 1.82) is 0 Å². The molecule has 0 aliphatic heterocycles. The van der Waals surface area contributed by atoms with Crippen LogP contribution in [0.25, 0.3) is 0 Å². The first kappa shape index (κ1) is 18.7. The maximum atomic E-state index is 12.6. The fourth-order valence-corrected chi connectivity index (χ4v) is 2.81. The molecule has 1 heterocycles. The van der Waals surface area contributed by atoms with Crippen LogP contribution in [0, 0.1) is 13.8 Å². The minimum atomic E-state index is -0.325. The van der Waals surface area contributed by atoms with Crippen LogP contribution in [0.15, 0.2) is 48.5 Å². The maximum absolute atomic E-state index is 12.6. The van der Waals surface area contributed by atoms with Crippen LogP contribution in [0.1, 0.15) is 21.9 Å². The number of aromatic nitrogens is 2. The maximum Gasteiger partial charge on any atom is 0.274 e. The molecule has 3 aromatic rings. The first-order valence-corrected chi connectivity index (χ1v) is 8.67. The average Bonchev–Trinajstić information content (AvgIpc) is 2.64. The molecule has 0 fully saturated rings. The van der Waals surface area contributed by atoms with Gasteiger partial charge in [-0.25, -0.2) is 9.97 Å². The first-order chi connectivity index (χ1) is 13.0. The summed E-state index contributed by atoms with van der Waals surface area (Å²) in [5.41, 5.74) is 2.56. The molecule has 0 saturated carbocycles. The van der Waals surface area contributed by atoms with Gasteiger partial charge in [0.15, 0.2) is 0 Å². The van der Waals surface area contributed by atoms with Crippen molar-refractivity contribution in [1.82, 2.24) is 9.97 Å². The molecule has 0 aliphatic carbocycles. The van der Waals surface area contributed by atoms with E-state index in [0.717, 1.165) is 11.3 Å². The molecule has 0 aliphatic rings. The largest absolute Gasteiger partial charge is 0.495 e. The van der Waals surface area contributed by atoms with Crippen molar-refractivity contribution in [3.63, 3.8) is 0 Å². The number of carbonyl (C=O) groups is 1. The van der Waals surface area contributed by atoms with Crippen molar-refractivity contribution < 1.29 is 9.53 Å². The van der Waals surface area contributed by atoms with Gasteiger partial charge in [0.25, 0.3) is 5.91 Å². The van der Waals surface area contributed by atoms with Crippen molar-refractivity contribution in [3.8, 4) is 5.75 Å². The van der Waals surface area contributed by atoms with Crippen LogP contribution in [0.2, 0.25) is 5.02 Å². The van der Waals surface area contributed by atoms with Crippen molar-refractivity contribution in [3.05, 3.63) is 70.6 Å². The number of anilines is 3. The summed E-state index contributed by atoms with van der Waals surface area (Å²) in [6.45, 7) is 3.61. The van der Waals surface area contributed by atoms with E-state index in [0.29, 0.717) is 28.1 Å². The lowest BCUT2D eigenvalue weighted by atomic mass is 10.2. The Morgan fingerprint density at radius 3 is 2.56 bits per heavy atom. The Bertz CT molecular complexity index is 991. The first-order valence-electron chi connectivity index (χ1n) is 8.29. The molecule has 0 spiro atoms. The Balaban J connectivity index is 1.85. The van der Waals surface area contributed by atoms with Gasteiger partial charge in [-0.05, 0) is 49.7 Å². The quantitative estimate of drug-likeness (QED) is 0.665. The molecule has 2 N–H and O–H groups in total. The summed E-state index contributed by atoms with van der Waals surface area (Å²) >= 11 is 5.96. The topological polar surface area (TPSA) is 76.1 Å². The van der Waals surface area contributed by atoms with E-state index in [2.05, 4.69) is 20.6 Å². The van der Waals surface area contributed by atoms with E-state index in [9.17, 15) is 4.79 Å². The van der Waals surface area contributed by atoms with Crippen molar-refractivity contribution >= 4 is 34.7 Å². The smallest absolute Gasteiger partial charge is 0.274 e. The molecular weight excluding hydrogens is 364 g/mol. The van der Waals surface area contributed by atoms with E-state index in [1.54, 1.807) is 38.3 Å². The van der Waals surface area contributed by atoms with E-state index in [-0.39, 0.29) is 11.6 Å². The predicted octanol–water partition coefficient (Wildman–Crippen LogP) is 4.75. The number of nitrogens with one attached hydrogen (secondary N) is 2. The number of nitrogens with zero attached hydrogens (tertiary/aromatic N) is 2. The number of halogens is 1. The minimum Gasteiger partial charge on any atom is -0.495 e. The molecule has 3 rings (SSSR count). The standard InChI is InChI=1S/C20H19ClN4O2/c1-12-10-14(21)8-9-15(12)25-20(26)17-11-19(23-13(2)22-17)24-16-6-4-5-7-18(16)27-3/h4-11H,1-3H3,(H,25,26)(H,22,23,24). The van der Waals surface area contributed by atoms with Crippen LogP contribution in [0.3, 0.4) is 0 Å². The van der Waals surface area contributed by atoms with Crippen LogP contribution in [0.4, 0.5) is 17.2 Å². The monoisotopic (exact) mass is 382 g/mol. The minimum absolute atomic E-state index is 0.259. The Labute approximate surface area is 162 Å². The van der Waals surface area contributed by atoms with Gasteiger partial charge in [-0.3, -0.25) is 4.79 Å². The summed E-state index contributed by atoms with van der Waals surface area (Å²) in [7, 11) is 1.60. The van der Waals surface area contributed by atoms with E-state index in [4.69, 9.17) is 16.3 Å². The van der Waals surface area contributed by atoms with Crippen LogP contribution < -0.4 is 15.4 Å². The zero-order valence-corrected chi connectivity index (χ0v) is 16.0. The average molecular weight is 383 g/mol. The second-order valence-electron chi connectivity index (χ2n) is 5.92. The molecule has 0 radical (unpaired) electrons. The van der Waals surface area contributed by atoms with E-state index < -0.39 is 0 Å². The number of para-hydroxylation sites is 2. The molecule has 0 atom stereocenters. The normalized spacial score (nSPS) is 10.4. The van der Waals surface area contributed by atoms with Gasteiger partial charge >= 0.3 is 0 Å². The summed E-state index contributed by atoms with van der Waals surface area (Å²) in [5.74, 6) is 1.34. The molecular formula is C20H19ClN4O2. The molecule has 0 bridgehead atoms.